The molecule has 1 aromatic heterocycles. The van der Waals surface area contributed by atoms with Gasteiger partial charge in [-0.25, -0.2) is 0 Å². The van der Waals surface area contributed by atoms with Gasteiger partial charge in [-0.3, -0.25) is 14.4 Å². The summed E-state index contributed by atoms with van der Waals surface area (Å²) in [5.74, 6) is -0.461. The lowest BCUT2D eigenvalue weighted by Crippen LogP contribution is -2.25. The van der Waals surface area contributed by atoms with Crippen molar-refractivity contribution in [3.8, 4) is 0 Å². The van der Waals surface area contributed by atoms with Gasteiger partial charge in [0, 0.05) is 22.8 Å². The van der Waals surface area contributed by atoms with E-state index in [0.717, 1.165) is 24.8 Å². The van der Waals surface area contributed by atoms with Crippen molar-refractivity contribution in [1.82, 2.24) is 10.3 Å². The molecule has 0 spiro atoms. The smallest absolute Gasteiger partial charge is 0.261 e. The highest BCUT2D eigenvalue weighted by Gasteiger charge is 2.21. The van der Waals surface area contributed by atoms with Crippen molar-refractivity contribution < 1.29 is 9.59 Å². The second-order valence-corrected chi connectivity index (χ2v) is 6.67. The maximum absolute atomic E-state index is 12.7. The van der Waals surface area contributed by atoms with Gasteiger partial charge in [0.25, 0.3) is 5.91 Å². The number of carbonyl (C=O) groups is 2. The predicted molar refractivity (Wildman–Crippen MR) is 104 cm³/mol. The molecule has 1 heterocycles. The molecule has 2 aromatic carbocycles. The molecule has 4 rings (SSSR count). The summed E-state index contributed by atoms with van der Waals surface area (Å²) >= 11 is 0. The third kappa shape index (κ3) is 3.21. The summed E-state index contributed by atoms with van der Waals surface area (Å²) in [6.07, 6.45) is 4.98. The van der Waals surface area contributed by atoms with E-state index in [9.17, 15) is 14.4 Å². The number of carbonyl (C=O) groups excluding carboxylic acids is 2. The van der Waals surface area contributed by atoms with Crippen LogP contribution < -0.4 is 16.1 Å². The first kappa shape index (κ1) is 17.0. The van der Waals surface area contributed by atoms with Crippen molar-refractivity contribution in [3.63, 3.8) is 0 Å². The van der Waals surface area contributed by atoms with Crippen LogP contribution in [0.1, 0.15) is 40.4 Å². The van der Waals surface area contributed by atoms with Crippen molar-refractivity contribution in [2.45, 2.75) is 25.3 Å². The number of rotatable bonds is 4. The van der Waals surface area contributed by atoms with Gasteiger partial charge in [0.1, 0.15) is 5.56 Å². The third-order valence-corrected chi connectivity index (χ3v) is 5.02. The van der Waals surface area contributed by atoms with E-state index in [1.807, 2.05) is 24.3 Å². The fourth-order valence-electron chi connectivity index (χ4n) is 3.67. The second kappa shape index (κ2) is 7.07. The fraction of sp³-hybridized carbons (Fsp3) is 0.190. The molecule has 0 fully saturated rings. The van der Waals surface area contributed by atoms with Crippen molar-refractivity contribution >= 4 is 28.9 Å². The largest absolute Gasteiger partial charge is 0.360 e. The molecule has 0 radical (unpaired) electrons. The minimum absolute atomic E-state index is 0.0489. The number of amides is 2. The van der Waals surface area contributed by atoms with Gasteiger partial charge in [-0.15, -0.1) is 0 Å². The van der Waals surface area contributed by atoms with Crippen LogP contribution in [0.2, 0.25) is 0 Å². The number of hydrogen-bond donors (Lipinski definition) is 3. The number of nitrogens with one attached hydrogen (secondary N) is 3. The molecule has 1 aliphatic carbocycles. The molecule has 3 aromatic rings. The van der Waals surface area contributed by atoms with E-state index in [-0.39, 0.29) is 17.0 Å². The third-order valence-electron chi connectivity index (χ3n) is 5.02. The van der Waals surface area contributed by atoms with Crippen LogP contribution in [-0.4, -0.2) is 17.3 Å². The lowest BCUT2D eigenvalue weighted by Gasteiger charge is -2.25. The second-order valence-electron chi connectivity index (χ2n) is 6.67. The Balaban J connectivity index is 1.64. The van der Waals surface area contributed by atoms with E-state index < -0.39 is 5.91 Å². The topological polar surface area (TPSA) is 91.1 Å². The van der Waals surface area contributed by atoms with E-state index in [2.05, 4.69) is 15.6 Å². The minimum Gasteiger partial charge on any atom is -0.360 e. The molecule has 136 valence electrons. The van der Waals surface area contributed by atoms with Crippen LogP contribution in [0.3, 0.4) is 0 Å². The number of pyridine rings is 1. The zero-order chi connectivity index (χ0) is 18.8. The van der Waals surface area contributed by atoms with Crippen LogP contribution in [0.15, 0.2) is 53.5 Å². The van der Waals surface area contributed by atoms with Gasteiger partial charge in [-0.2, -0.15) is 0 Å². The maximum Gasteiger partial charge on any atom is 0.261 e. The van der Waals surface area contributed by atoms with Crippen molar-refractivity contribution in [1.29, 1.82) is 0 Å². The zero-order valence-electron chi connectivity index (χ0n) is 14.6. The molecule has 6 heteroatoms. The summed E-state index contributed by atoms with van der Waals surface area (Å²) in [5.41, 5.74) is 3.23. The average Bonchev–Trinajstić information content (AvgIpc) is 2.69. The number of hydrogen-bond acceptors (Lipinski definition) is 3. The standard InChI is InChI=1S/C21H19N3O3/c25-12-23-19-7-3-4-13-8-9-14(10-16(13)19)24-21(27)17-11-22-18-6-2-1-5-15(18)20(17)26/h1-2,5-6,8-12,19H,3-4,7H2,(H,22,26)(H,23,25)(H,24,27). The monoisotopic (exact) mass is 361 g/mol. The number of para-hydroxylation sites is 1. The number of aromatic amines is 1. The Kier molecular flexibility index (Phi) is 4.46. The Morgan fingerprint density at radius 2 is 2.04 bits per heavy atom. The molecule has 0 aliphatic heterocycles. The first-order valence-electron chi connectivity index (χ1n) is 8.91. The highest BCUT2D eigenvalue weighted by Crippen LogP contribution is 2.31. The molecular formula is C21H19N3O3. The summed E-state index contributed by atoms with van der Waals surface area (Å²) in [5, 5.41) is 6.11. The summed E-state index contributed by atoms with van der Waals surface area (Å²) in [7, 11) is 0. The van der Waals surface area contributed by atoms with Crippen LogP contribution in [0.5, 0.6) is 0 Å². The van der Waals surface area contributed by atoms with E-state index in [4.69, 9.17) is 0 Å². The highest BCUT2D eigenvalue weighted by atomic mass is 16.2. The van der Waals surface area contributed by atoms with Crippen LogP contribution >= 0.6 is 0 Å². The van der Waals surface area contributed by atoms with Crippen molar-refractivity contribution in [2.75, 3.05) is 5.32 Å². The first-order valence-corrected chi connectivity index (χ1v) is 8.91. The quantitative estimate of drug-likeness (QED) is 0.624. The molecular weight excluding hydrogens is 342 g/mol. The van der Waals surface area contributed by atoms with Crippen LogP contribution in [0.25, 0.3) is 10.9 Å². The zero-order valence-corrected chi connectivity index (χ0v) is 14.6. The summed E-state index contributed by atoms with van der Waals surface area (Å²) in [6.45, 7) is 0. The van der Waals surface area contributed by atoms with E-state index in [1.54, 1.807) is 18.2 Å². The van der Waals surface area contributed by atoms with Crippen molar-refractivity contribution in [2.24, 2.45) is 0 Å². The Morgan fingerprint density at radius 3 is 2.89 bits per heavy atom. The van der Waals surface area contributed by atoms with Crippen LogP contribution in [-0.2, 0) is 11.2 Å². The number of anilines is 1. The maximum atomic E-state index is 12.7. The number of aryl methyl sites for hydroxylation is 1. The minimum atomic E-state index is -0.461. The molecule has 27 heavy (non-hydrogen) atoms. The molecule has 6 nitrogen and oxygen atoms in total. The summed E-state index contributed by atoms with van der Waals surface area (Å²) < 4.78 is 0. The fourth-order valence-corrected chi connectivity index (χ4v) is 3.67. The van der Waals surface area contributed by atoms with Gasteiger partial charge in [0.2, 0.25) is 11.8 Å². The SMILES string of the molecule is O=CNC1CCCc2ccc(NC(=O)c3c[nH]c4ccccc4c3=O)cc21. The molecule has 2 amide bonds. The molecule has 0 bridgehead atoms. The Hall–Kier alpha value is -3.41. The average molecular weight is 361 g/mol. The molecule has 0 saturated heterocycles. The lowest BCUT2D eigenvalue weighted by atomic mass is 9.87. The van der Waals surface area contributed by atoms with Gasteiger partial charge >= 0.3 is 0 Å². The van der Waals surface area contributed by atoms with Gasteiger partial charge in [-0.1, -0.05) is 18.2 Å². The molecule has 0 saturated carbocycles. The van der Waals surface area contributed by atoms with Crippen LogP contribution in [0, 0.1) is 0 Å². The van der Waals surface area contributed by atoms with E-state index in [1.165, 1.54) is 11.8 Å². The van der Waals surface area contributed by atoms with Gasteiger partial charge < -0.3 is 15.6 Å². The van der Waals surface area contributed by atoms with Crippen molar-refractivity contribution in [3.05, 3.63) is 75.6 Å². The molecule has 1 atom stereocenters. The number of benzene rings is 2. The van der Waals surface area contributed by atoms with Crippen LogP contribution in [0.4, 0.5) is 5.69 Å². The van der Waals surface area contributed by atoms with Gasteiger partial charge in [0.15, 0.2) is 0 Å². The van der Waals surface area contributed by atoms with Gasteiger partial charge in [0.05, 0.1) is 6.04 Å². The van der Waals surface area contributed by atoms with Gasteiger partial charge in [-0.05, 0) is 54.7 Å². The lowest BCUT2D eigenvalue weighted by molar-refractivity contribution is -0.110. The molecule has 3 N–H and O–H groups in total. The van der Waals surface area contributed by atoms with E-state index >= 15 is 0 Å². The normalized spacial score (nSPS) is 15.8. The highest BCUT2D eigenvalue weighted by molar-refractivity contribution is 6.05. The Bertz CT molecular complexity index is 1090. The molecule has 1 unspecified atom stereocenters. The molecule has 1 aliphatic rings. The summed E-state index contributed by atoms with van der Waals surface area (Å²) in [4.78, 5) is 39.1. The summed E-state index contributed by atoms with van der Waals surface area (Å²) in [6, 6.07) is 12.7. The number of H-pyrrole nitrogens is 1. The first-order chi connectivity index (χ1) is 13.2. The Labute approximate surface area is 155 Å². The van der Waals surface area contributed by atoms with E-state index in [0.29, 0.717) is 23.0 Å². The predicted octanol–water partition coefficient (Wildman–Crippen LogP) is 2.90. The number of fused-ring (bicyclic) bond motifs is 2. The number of aromatic nitrogens is 1. The Morgan fingerprint density at radius 1 is 1.19 bits per heavy atom.